The van der Waals surface area contributed by atoms with E-state index in [1.54, 1.807) is 0 Å². The Bertz CT molecular complexity index is 173. The van der Waals surface area contributed by atoms with E-state index < -0.39 is 0 Å². The molecule has 14 heavy (non-hydrogen) atoms. The molecule has 1 spiro atoms. The van der Waals surface area contributed by atoms with Crippen LogP contribution in [-0.4, -0.2) is 30.6 Å². The summed E-state index contributed by atoms with van der Waals surface area (Å²) < 4.78 is 0. The van der Waals surface area contributed by atoms with E-state index in [9.17, 15) is 0 Å². The first-order chi connectivity index (χ1) is 6.70. The summed E-state index contributed by atoms with van der Waals surface area (Å²) in [4.78, 5) is 2.55. The summed E-state index contributed by atoms with van der Waals surface area (Å²) in [5.74, 6) is 0. The maximum Gasteiger partial charge on any atom is 0.0139 e. The van der Waals surface area contributed by atoms with Gasteiger partial charge >= 0.3 is 0 Å². The van der Waals surface area contributed by atoms with E-state index in [1.807, 2.05) is 0 Å². The van der Waals surface area contributed by atoms with Gasteiger partial charge in [-0.2, -0.15) is 0 Å². The number of likely N-dealkylation sites (tertiary alicyclic amines) is 1. The van der Waals surface area contributed by atoms with Crippen LogP contribution in [0, 0.1) is 5.41 Å². The highest BCUT2D eigenvalue weighted by Crippen LogP contribution is 2.45. The third-order valence-corrected chi connectivity index (χ3v) is 4.13. The van der Waals surface area contributed by atoms with Gasteiger partial charge in [0.25, 0.3) is 0 Å². The van der Waals surface area contributed by atoms with Gasteiger partial charge in [0.1, 0.15) is 0 Å². The van der Waals surface area contributed by atoms with Crippen molar-refractivity contribution in [2.45, 2.75) is 51.5 Å². The number of nitrogens with two attached hydrogens (primary N) is 1. The minimum Gasteiger partial charge on any atom is -0.327 e. The van der Waals surface area contributed by atoms with Gasteiger partial charge < -0.3 is 10.6 Å². The lowest BCUT2D eigenvalue weighted by atomic mass is 9.77. The van der Waals surface area contributed by atoms with Crippen LogP contribution in [0.4, 0.5) is 0 Å². The molecule has 1 heterocycles. The number of hydrogen-bond acceptors (Lipinski definition) is 2. The van der Waals surface area contributed by atoms with E-state index in [0.29, 0.717) is 6.04 Å². The molecule has 2 fully saturated rings. The predicted octanol–water partition coefficient (Wildman–Crippen LogP) is 1.99. The highest BCUT2D eigenvalue weighted by Gasteiger charge is 2.36. The fraction of sp³-hybridized carbons (Fsp3) is 1.00. The van der Waals surface area contributed by atoms with Gasteiger partial charge in [0.05, 0.1) is 0 Å². The van der Waals surface area contributed by atoms with Gasteiger partial charge in [0, 0.05) is 12.6 Å². The van der Waals surface area contributed by atoms with Crippen LogP contribution in [0.2, 0.25) is 0 Å². The molecule has 0 unspecified atom stereocenters. The van der Waals surface area contributed by atoms with E-state index in [0.717, 1.165) is 12.0 Å². The topological polar surface area (TPSA) is 29.3 Å². The molecule has 2 nitrogen and oxygen atoms in total. The Morgan fingerprint density at radius 1 is 1.14 bits per heavy atom. The highest BCUT2D eigenvalue weighted by molar-refractivity contribution is 4.89. The Hall–Kier alpha value is -0.0800. The highest BCUT2D eigenvalue weighted by atomic mass is 15.1. The molecule has 0 amide bonds. The lowest BCUT2D eigenvalue weighted by Gasteiger charge is -2.39. The van der Waals surface area contributed by atoms with Crippen LogP contribution in [-0.2, 0) is 0 Å². The maximum absolute atomic E-state index is 5.83. The van der Waals surface area contributed by atoms with E-state index in [-0.39, 0.29) is 0 Å². The third kappa shape index (κ3) is 2.29. The lowest BCUT2D eigenvalue weighted by Crippen LogP contribution is -2.43. The number of nitrogens with zero attached hydrogens (tertiary/aromatic N) is 1. The summed E-state index contributed by atoms with van der Waals surface area (Å²) in [6, 6.07) is 0.340. The van der Waals surface area contributed by atoms with E-state index in [1.165, 1.54) is 51.6 Å². The van der Waals surface area contributed by atoms with Crippen molar-refractivity contribution in [3.05, 3.63) is 0 Å². The van der Waals surface area contributed by atoms with Crippen LogP contribution in [0.1, 0.15) is 45.4 Å². The summed E-state index contributed by atoms with van der Waals surface area (Å²) in [7, 11) is 0. The zero-order chi connectivity index (χ0) is 10.0. The minimum atomic E-state index is 0.340. The Morgan fingerprint density at radius 3 is 2.21 bits per heavy atom. The van der Waals surface area contributed by atoms with Gasteiger partial charge in [-0.05, 0) is 51.1 Å². The fourth-order valence-corrected chi connectivity index (χ4v) is 3.24. The van der Waals surface area contributed by atoms with Crippen molar-refractivity contribution < 1.29 is 0 Å². The van der Waals surface area contributed by atoms with Gasteiger partial charge in [-0.1, -0.05) is 12.8 Å². The first kappa shape index (κ1) is 10.4. The van der Waals surface area contributed by atoms with Crippen molar-refractivity contribution >= 4 is 0 Å². The molecule has 0 aromatic rings. The van der Waals surface area contributed by atoms with Crippen LogP contribution in [0.25, 0.3) is 0 Å². The molecule has 1 atom stereocenters. The van der Waals surface area contributed by atoms with Crippen molar-refractivity contribution in [1.29, 1.82) is 0 Å². The SMILES string of the molecule is C[C@@H](N)CN1CCC2(CCCC2)CC1. The molecule has 1 aliphatic carbocycles. The van der Waals surface area contributed by atoms with Crippen molar-refractivity contribution in [3.8, 4) is 0 Å². The summed E-state index contributed by atoms with van der Waals surface area (Å²) in [5.41, 5.74) is 6.58. The number of hydrogen-bond donors (Lipinski definition) is 1. The molecular formula is C12H24N2. The van der Waals surface area contributed by atoms with Crippen LogP contribution in [0.15, 0.2) is 0 Å². The average molecular weight is 196 g/mol. The molecule has 0 bridgehead atoms. The Labute approximate surface area is 87.8 Å². The van der Waals surface area contributed by atoms with E-state index >= 15 is 0 Å². The molecular weight excluding hydrogens is 172 g/mol. The Kier molecular flexibility index (Phi) is 3.13. The van der Waals surface area contributed by atoms with Crippen molar-refractivity contribution in [1.82, 2.24) is 4.90 Å². The molecule has 0 aromatic carbocycles. The van der Waals surface area contributed by atoms with Crippen LogP contribution in [0.3, 0.4) is 0 Å². The molecule has 2 heteroatoms. The second-order valence-electron chi connectivity index (χ2n) is 5.48. The van der Waals surface area contributed by atoms with Crippen LogP contribution >= 0.6 is 0 Å². The second-order valence-corrected chi connectivity index (χ2v) is 5.48. The summed E-state index contributed by atoms with van der Waals surface area (Å²) in [6.07, 6.45) is 8.82. The maximum atomic E-state index is 5.83. The van der Waals surface area contributed by atoms with Gasteiger partial charge in [0.15, 0.2) is 0 Å². The Morgan fingerprint density at radius 2 is 1.71 bits per heavy atom. The zero-order valence-corrected chi connectivity index (χ0v) is 9.47. The summed E-state index contributed by atoms with van der Waals surface area (Å²) >= 11 is 0. The molecule has 2 aliphatic rings. The van der Waals surface area contributed by atoms with Gasteiger partial charge in [-0.25, -0.2) is 0 Å². The fourth-order valence-electron chi connectivity index (χ4n) is 3.24. The van der Waals surface area contributed by atoms with Crippen LogP contribution < -0.4 is 5.73 Å². The van der Waals surface area contributed by atoms with Crippen LogP contribution in [0.5, 0.6) is 0 Å². The van der Waals surface area contributed by atoms with Gasteiger partial charge in [-0.3, -0.25) is 0 Å². The number of piperidine rings is 1. The zero-order valence-electron chi connectivity index (χ0n) is 9.47. The van der Waals surface area contributed by atoms with Gasteiger partial charge in [-0.15, -0.1) is 0 Å². The quantitative estimate of drug-likeness (QED) is 0.732. The van der Waals surface area contributed by atoms with Crippen molar-refractivity contribution in [2.24, 2.45) is 11.1 Å². The first-order valence-corrected chi connectivity index (χ1v) is 6.18. The van der Waals surface area contributed by atoms with Gasteiger partial charge in [0.2, 0.25) is 0 Å². The summed E-state index contributed by atoms with van der Waals surface area (Å²) in [5, 5.41) is 0. The molecule has 2 N–H and O–H groups in total. The third-order valence-electron chi connectivity index (χ3n) is 4.13. The second kappa shape index (κ2) is 4.19. The molecule has 1 saturated carbocycles. The smallest absolute Gasteiger partial charge is 0.0139 e. The lowest BCUT2D eigenvalue weighted by molar-refractivity contribution is 0.105. The first-order valence-electron chi connectivity index (χ1n) is 6.18. The predicted molar refractivity (Wildman–Crippen MR) is 60.2 cm³/mol. The average Bonchev–Trinajstić information content (AvgIpc) is 2.58. The number of rotatable bonds is 2. The standard InChI is InChI=1S/C12H24N2/c1-11(13)10-14-8-6-12(7-9-14)4-2-3-5-12/h11H,2-10,13H2,1H3/t11-/m1/s1. The molecule has 1 aliphatic heterocycles. The Balaban J connectivity index is 1.79. The van der Waals surface area contributed by atoms with E-state index in [4.69, 9.17) is 5.73 Å². The minimum absolute atomic E-state index is 0.340. The van der Waals surface area contributed by atoms with E-state index in [2.05, 4.69) is 11.8 Å². The van der Waals surface area contributed by atoms with Crippen molar-refractivity contribution in [2.75, 3.05) is 19.6 Å². The normalized spacial score (nSPS) is 29.6. The summed E-state index contributed by atoms with van der Waals surface area (Å²) in [6.45, 7) is 5.79. The molecule has 0 aromatic heterocycles. The molecule has 2 rings (SSSR count). The molecule has 82 valence electrons. The van der Waals surface area contributed by atoms with Crippen molar-refractivity contribution in [3.63, 3.8) is 0 Å². The monoisotopic (exact) mass is 196 g/mol. The largest absolute Gasteiger partial charge is 0.327 e. The molecule has 0 radical (unpaired) electrons. The molecule has 1 saturated heterocycles.